The van der Waals surface area contributed by atoms with Crippen molar-refractivity contribution < 1.29 is 0 Å². The number of nitrogens with two attached hydrogens (primary N) is 1. The van der Waals surface area contributed by atoms with Gasteiger partial charge in [0.15, 0.2) is 5.11 Å². The van der Waals surface area contributed by atoms with Crippen molar-refractivity contribution in [2.75, 3.05) is 5.73 Å². The van der Waals surface area contributed by atoms with Crippen LogP contribution in [0.4, 0.5) is 5.82 Å². The first-order chi connectivity index (χ1) is 7.65. The fraction of sp³-hybridized carbons (Fsp3) is 0.444. The number of halogens is 1. The van der Waals surface area contributed by atoms with Crippen molar-refractivity contribution >= 4 is 34.7 Å². The summed E-state index contributed by atoms with van der Waals surface area (Å²) in [6.45, 7) is 0.429. The van der Waals surface area contributed by atoms with Crippen molar-refractivity contribution in [2.45, 2.75) is 25.4 Å². The van der Waals surface area contributed by atoms with Gasteiger partial charge in [-0.15, -0.1) is 0 Å². The molecule has 1 heterocycles. The molecule has 1 aliphatic rings. The first-order valence-corrected chi connectivity index (χ1v) is 5.75. The number of thiocarbonyl (C=S) groups is 1. The summed E-state index contributed by atoms with van der Waals surface area (Å²) in [5.74, 6) is 0.367. The Morgan fingerprint density at radius 2 is 2.38 bits per heavy atom. The van der Waals surface area contributed by atoms with Crippen LogP contribution in [0.3, 0.4) is 0 Å². The first kappa shape index (κ1) is 11.3. The molecule has 0 spiro atoms. The zero-order valence-corrected chi connectivity index (χ0v) is 10.1. The van der Waals surface area contributed by atoms with Crippen LogP contribution in [-0.4, -0.2) is 21.1 Å². The van der Waals surface area contributed by atoms with Gasteiger partial charge in [0, 0.05) is 6.04 Å². The van der Waals surface area contributed by atoms with Crippen LogP contribution in [0, 0.1) is 0 Å². The molecule has 0 bridgehead atoms. The first-order valence-electron chi connectivity index (χ1n) is 4.96. The zero-order valence-electron chi connectivity index (χ0n) is 8.53. The average molecular weight is 258 g/mol. The molecule has 0 aliphatic heterocycles. The van der Waals surface area contributed by atoms with Gasteiger partial charge in [0.05, 0.1) is 12.7 Å². The Labute approximate surface area is 104 Å². The predicted molar refractivity (Wildman–Crippen MR) is 67.0 cm³/mol. The lowest BCUT2D eigenvalue weighted by Crippen LogP contribution is -2.36. The molecule has 0 unspecified atom stereocenters. The molecular weight excluding hydrogens is 246 g/mol. The van der Waals surface area contributed by atoms with Gasteiger partial charge in [-0.3, -0.25) is 0 Å². The van der Waals surface area contributed by atoms with Gasteiger partial charge in [0.2, 0.25) is 0 Å². The standard InChI is InChI=1S/C9H12ClN5S/c10-7-4-12-8(11)6(15-7)3-13-9(16)14-5-1-2-5/h4-5H,1-3H2,(H2,11,12)(H2,13,14,16). The predicted octanol–water partition coefficient (Wildman–Crippen LogP) is 0.839. The maximum Gasteiger partial charge on any atom is 0.166 e. The number of nitrogens with zero attached hydrogens (tertiary/aromatic N) is 2. The normalized spacial score (nSPS) is 14.6. The van der Waals surface area contributed by atoms with Crippen molar-refractivity contribution in [1.82, 2.24) is 20.6 Å². The Kier molecular flexibility index (Phi) is 3.40. The SMILES string of the molecule is Nc1ncc(Cl)nc1CNC(=S)NC1CC1. The Bertz CT molecular complexity index is 407. The molecule has 0 saturated heterocycles. The number of hydrogen-bond acceptors (Lipinski definition) is 4. The summed E-state index contributed by atoms with van der Waals surface area (Å²) in [5, 5.41) is 7.11. The third-order valence-electron chi connectivity index (χ3n) is 2.18. The minimum Gasteiger partial charge on any atom is -0.382 e. The maximum absolute atomic E-state index is 5.72. The molecule has 7 heteroatoms. The Balaban J connectivity index is 1.87. The Morgan fingerprint density at radius 3 is 3.06 bits per heavy atom. The fourth-order valence-electron chi connectivity index (χ4n) is 1.17. The van der Waals surface area contributed by atoms with E-state index in [0.29, 0.717) is 34.4 Å². The molecule has 0 radical (unpaired) electrons. The van der Waals surface area contributed by atoms with Crippen molar-refractivity contribution in [3.63, 3.8) is 0 Å². The lowest BCUT2D eigenvalue weighted by molar-refractivity contribution is 0.810. The van der Waals surface area contributed by atoms with Crippen LogP contribution < -0.4 is 16.4 Å². The van der Waals surface area contributed by atoms with Crippen LogP contribution in [0.25, 0.3) is 0 Å². The maximum atomic E-state index is 5.72. The van der Waals surface area contributed by atoms with E-state index in [-0.39, 0.29) is 0 Å². The number of rotatable bonds is 3. The van der Waals surface area contributed by atoms with E-state index >= 15 is 0 Å². The van der Waals surface area contributed by atoms with Crippen LogP contribution in [0.2, 0.25) is 5.15 Å². The Hall–Kier alpha value is -1.14. The molecule has 0 aromatic carbocycles. The van der Waals surface area contributed by atoms with Crippen LogP contribution in [0.15, 0.2) is 6.20 Å². The summed E-state index contributed by atoms with van der Waals surface area (Å²) in [6.07, 6.45) is 3.78. The number of aromatic nitrogens is 2. The van der Waals surface area contributed by atoms with E-state index < -0.39 is 0 Å². The van der Waals surface area contributed by atoms with E-state index in [2.05, 4.69) is 20.6 Å². The summed E-state index contributed by atoms with van der Waals surface area (Å²) in [7, 11) is 0. The fourth-order valence-corrected chi connectivity index (χ4v) is 1.56. The van der Waals surface area contributed by atoms with Gasteiger partial charge in [-0.1, -0.05) is 11.6 Å². The van der Waals surface area contributed by atoms with E-state index in [1.807, 2.05) is 0 Å². The number of anilines is 1. The van der Waals surface area contributed by atoms with Crippen molar-refractivity contribution in [3.05, 3.63) is 17.0 Å². The second kappa shape index (κ2) is 4.80. The monoisotopic (exact) mass is 257 g/mol. The molecule has 4 N–H and O–H groups in total. The summed E-state index contributed by atoms with van der Waals surface area (Å²) in [5.41, 5.74) is 6.26. The molecule has 0 atom stereocenters. The molecule has 1 saturated carbocycles. The van der Waals surface area contributed by atoms with Gasteiger partial charge in [0.25, 0.3) is 0 Å². The summed E-state index contributed by atoms with van der Waals surface area (Å²) in [4.78, 5) is 7.98. The van der Waals surface area contributed by atoms with E-state index in [1.165, 1.54) is 19.0 Å². The van der Waals surface area contributed by atoms with Crippen LogP contribution in [-0.2, 0) is 6.54 Å². The van der Waals surface area contributed by atoms with Crippen molar-refractivity contribution in [2.24, 2.45) is 0 Å². The molecule has 5 nitrogen and oxygen atoms in total. The van der Waals surface area contributed by atoms with Crippen LogP contribution >= 0.6 is 23.8 Å². The number of hydrogen-bond donors (Lipinski definition) is 3. The highest BCUT2D eigenvalue weighted by atomic mass is 35.5. The van der Waals surface area contributed by atoms with E-state index in [4.69, 9.17) is 29.6 Å². The van der Waals surface area contributed by atoms with Gasteiger partial charge >= 0.3 is 0 Å². The highest BCUT2D eigenvalue weighted by molar-refractivity contribution is 7.80. The quantitative estimate of drug-likeness (QED) is 0.697. The van der Waals surface area contributed by atoms with Crippen LogP contribution in [0.5, 0.6) is 0 Å². The van der Waals surface area contributed by atoms with Gasteiger partial charge in [-0.2, -0.15) is 0 Å². The van der Waals surface area contributed by atoms with Gasteiger partial charge in [0.1, 0.15) is 16.7 Å². The van der Waals surface area contributed by atoms with Gasteiger partial charge < -0.3 is 16.4 Å². The van der Waals surface area contributed by atoms with E-state index in [0.717, 1.165) is 0 Å². The number of nitrogen functional groups attached to an aromatic ring is 1. The minimum absolute atomic E-state index is 0.326. The zero-order chi connectivity index (χ0) is 11.5. The average Bonchev–Trinajstić information content (AvgIpc) is 3.03. The third-order valence-corrected chi connectivity index (χ3v) is 2.62. The van der Waals surface area contributed by atoms with Crippen molar-refractivity contribution in [3.8, 4) is 0 Å². The summed E-state index contributed by atoms with van der Waals surface area (Å²) >= 11 is 10.8. The molecule has 1 aromatic heterocycles. The van der Waals surface area contributed by atoms with Crippen molar-refractivity contribution in [1.29, 1.82) is 0 Å². The summed E-state index contributed by atoms with van der Waals surface area (Å²) < 4.78 is 0. The smallest absolute Gasteiger partial charge is 0.166 e. The molecule has 2 rings (SSSR count). The summed E-state index contributed by atoms with van der Waals surface area (Å²) in [6, 6.07) is 0.530. The molecule has 1 aliphatic carbocycles. The van der Waals surface area contributed by atoms with E-state index in [1.54, 1.807) is 0 Å². The second-order valence-corrected chi connectivity index (χ2v) is 4.42. The highest BCUT2D eigenvalue weighted by Crippen LogP contribution is 2.18. The number of nitrogens with one attached hydrogen (secondary N) is 2. The molecule has 1 aromatic rings. The lowest BCUT2D eigenvalue weighted by Gasteiger charge is -2.10. The molecule has 16 heavy (non-hydrogen) atoms. The molecular formula is C9H12ClN5S. The van der Waals surface area contributed by atoms with Gasteiger partial charge in [-0.05, 0) is 25.1 Å². The van der Waals surface area contributed by atoms with Crippen LogP contribution in [0.1, 0.15) is 18.5 Å². The highest BCUT2D eigenvalue weighted by Gasteiger charge is 2.21. The molecule has 86 valence electrons. The minimum atomic E-state index is 0.326. The van der Waals surface area contributed by atoms with E-state index in [9.17, 15) is 0 Å². The largest absolute Gasteiger partial charge is 0.382 e. The lowest BCUT2D eigenvalue weighted by atomic mass is 10.4. The Morgan fingerprint density at radius 1 is 1.62 bits per heavy atom. The molecule has 0 amide bonds. The topological polar surface area (TPSA) is 75.9 Å². The van der Waals surface area contributed by atoms with Gasteiger partial charge in [-0.25, -0.2) is 9.97 Å². The second-order valence-electron chi connectivity index (χ2n) is 3.63. The third kappa shape index (κ3) is 3.18. The molecule has 1 fully saturated rings.